The third-order valence-corrected chi connectivity index (χ3v) is 2.51. The van der Waals surface area contributed by atoms with Gasteiger partial charge in [-0.05, 0) is 43.3 Å². The van der Waals surface area contributed by atoms with Gasteiger partial charge < -0.3 is 10.6 Å². The van der Waals surface area contributed by atoms with Crippen LogP contribution in [0, 0.1) is 12.7 Å². The number of aryl methyl sites for hydroxylation is 1. The first kappa shape index (κ1) is 12.9. The molecule has 0 radical (unpaired) electrons. The number of unbranched alkanes of at least 4 members (excludes halogenated alkanes) is 1. The summed E-state index contributed by atoms with van der Waals surface area (Å²) in [7, 11) is 0. The predicted molar refractivity (Wildman–Crippen MR) is 70.3 cm³/mol. The zero-order valence-electron chi connectivity index (χ0n) is 9.64. The molecule has 0 bridgehead atoms. The average molecular weight is 240 g/mol. The Balaban J connectivity index is 2.52. The molecule has 0 saturated heterocycles. The molecule has 0 spiro atoms. The fraction of sp³-hybridized carbons (Fsp3) is 0.417. The number of halogens is 1. The largest absolute Gasteiger partial charge is 0.362 e. The van der Waals surface area contributed by atoms with Gasteiger partial charge in [-0.25, -0.2) is 4.39 Å². The predicted octanol–water partition coefficient (Wildman–Crippen LogP) is 3.22. The summed E-state index contributed by atoms with van der Waals surface area (Å²) >= 11 is 5.11. The highest BCUT2D eigenvalue weighted by molar-refractivity contribution is 7.80. The summed E-state index contributed by atoms with van der Waals surface area (Å²) in [6.07, 6.45) is 2.19. The lowest BCUT2D eigenvalue weighted by Crippen LogP contribution is -2.29. The van der Waals surface area contributed by atoms with Crippen molar-refractivity contribution >= 4 is 23.0 Å². The van der Waals surface area contributed by atoms with Gasteiger partial charge in [0.15, 0.2) is 5.11 Å². The number of rotatable bonds is 4. The van der Waals surface area contributed by atoms with Crippen LogP contribution in [0.4, 0.5) is 10.1 Å². The van der Waals surface area contributed by atoms with Gasteiger partial charge in [-0.15, -0.1) is 0 Å². The first-order valence-corrected chi connectivity index (χ1v) is 5.85. The van der Waals surface area contributed by atoms with E-state index in [1.807, 2.05) is 6.92 Å². The van der Waals surface area contributed by atoms with E-state index in [0.29, 0.717) is 10.8 Å². The van der Waals surface area contributed by atoms with Gasteiger partial charge in [0, 0.05) is 12.2 Å². The fourth-order valence-electron chi connectivity index (χ4n) is 1.27. The maximum atomic E-state index is 13.0. The Hall–Kier alpha value is -1.16. The molecule has 0 aromatic heterocycles. The minimum atomic E-state index is -0.260. The Kier molecular flexibility index (Phi) is 5.19. The van der Waals surface area contributed by atoms with E-state index in [1.54, 1.807) is 6.07 Å². The monoisotopic (exact) mass is 240 g/mol. The lowest BCUT2D eigenvalue weighted by Gasteiger charge is -2.12. The number of hydrogen-bond acceptors (Lipinski definition) is 1. The minimum Gasteiger partial charge on any atom is -0.362 e. The van der Waals surface area contributed by atoms with Crippen LogP contribution in [0.15, 0.2) is 18.2 Å². The van der Waals surface area contributed by atoms with Gasteiger partial charge in [-0.3, -0.25) is 0 Å². The number of nitrogens with one attached hydrogen (secondary N) is 2. The first-order valence-electron chi connectivity index (χ1n) is 5.44. The molecule has 2 nitrogen and oxygen atoms in total. The van der Waals surface area contributed by atoms with Crippen molar-refractivity contribution in [2.75, 3.05) is 11.9 Å². The van der Waals surface area contributed by atoms with E-state index >= 15 is 0 Å². The van der Waals surface area contributed by atoms with Crippen LogP contribution in [0.2, 0.25) is 0 Å². The molecule has 1 rings (SSSR count). The van der Waals surface area contributed by atoms with Crippen molar-refractivity contribution in [2.45, 2.75) is 26.7 Å². The molecule has 1 aromatic carbocycles. The van der Waals surface area contributed by atoms with E-state index < -0.39 is 0 Å². The minimum absolute atomic E-state index is 0.260. The van der Waals surface area contributed by atoms with Crippen molar-refractivity contribution in [1.82, 2.24) is 5.32 Å². The van der Waals surface area contributed by atoms with Crippen molar-refractivity contribution in [3.05, 3.63) is 29.6 Å². The molecule has 16 heavy (non-hydrogen) atoms. The molecule has 0 saturated carbocycles. The Labute approximate surface area is 101 Å². The van der Waals surface area contributed by atoms with Gasteiger partial charge in [0.25, 0.3) is 0 Å². The van der Waals surface area contributed by atoms with E-state index in [4.69, 9.17) is 12.2 Å². The molecule has 0 aliphatic carbocycles. The zero-order chi connectivity index (χ0) is 12.0. The number of thiocarbonyl (C=S) groups is 1. The Bertz CT molecular complexity index is 366. The number of hydrogen-bond donors (Lipinski definition) is 2. The Morgan fingerprint density at radius 2 is 2.19 bits per heavy atom. The van der Waals surface area contributed by atoms with E-state index in [1.165, 1.54) is 12.1 Å². The summed E-state index contributed by atoms with van der Waals surface area (Å²) in [5.41, 5.74) is 1.69. The van der Waals surface area contributed by atoms with Gasteiger partial charge in [-0.2, -0.15) is 0 Å². The van der Waals surface area contributed by atoms with Crippen molar-refractivity contribution < 1.29 is 4.39 Å². The van der Waals surface area contributed by atoms with Crippen molar-refractivity contribution in [1.29, 1.82) is 0 Å². The quantitative estimate of drug-likeness (QED) is 0.624. The van der Waals surface area contributed by atoms with E-state index in [0.717, 1.165) is 24.9 Å². The molecule has 0 fully saturated rings. The van der Waals surface area contributed by atoms with Crippen LogP contribution in [0.5, 0.6) is 0 Å². The molecule has 1 aromatic rings. The summed E-state index contributed by atoms with van der Waals surface area (Å²) in [5, 5.41) is 6.61. The molecular weight excluding hydrogens is 223 g/mol. The van der Waals surface area contributed by atoms with Crippen LogP contribution >= 0.6 is 12.2 Å². The van der Waals surface area contributed by atoms with Gasteiger partial charge >= 0.3 is 0 Å². The summed E-state index contributed by atoms with van der Waals surface area (Å²) in [4.78, 5) is 0. The molecule has 0 aliphatic heterocycles. The van der Waals surface area contributed by atoms with Crippen molar-refractivity contribution in [2.24, 2.45) is 0 Å². The summed E-state index contributed by atoms with van der Waals surface area (Å²) in [6.45, 7) is 4.88. The van der Waals surface area contributed by atoms with E-state index in [2.05, 4.69) is 17.6 Å². The lowest BCUT2D eigenvalue weighted by atomic mass is 10.2. The molecule has 4 heteroatoms. The summed E-state index contributed by atoms with van der Waals surface area (Å²) in [6, 6.07) is 4.61. The SMILES string of the molecule is CCCCNC(=S)Nc1cc(F)ccc1C. The summed E-state index contributed by atoms with van der Waals surface area (Å²) in [5.74, 6) is -0.260. The van der Waals surface area contributed by atoms with Crippen LogP contribution in [0.1, 0.15) is 25.3 Å². The average Bonchev–Trinajstić information content (AvgIpc) is 2.24. The molecule has 0 amide bonds. The normalized spacial score (nSPS) is 9.94. The van der Waals surface area contributed by atoms with Crippen LogP contribution in [-0.4, -0.2) is 11.7 Å². The zero-order valence-corrected chi connectivity index (χ0v) is 10.5. The van der Waals surface area contributed by atoms with Gasteiger partial charge in [0.1, 0.15) is 5.82 Å². The second kappa shape index (κ2) is 6.43. The lowest BCUT2D eigenvalue weighted by molar-refractivity contribution is 0.628. The van der Waals surface area contributed by atoms with E-state index in [-0.39, 0.29) is 5.82 Å². The highest BCUT2D eigenvalue weighted by Crippen LogP contribution is 2.15. The second-order valence-electron chi connectivity index (χ2n) is 3.69. The molecule has 0 heterocycles. The highest BCUT2D eigenvalue weighted by atomic mass is 32.1. The van der Waals surface area contributed by atoms with Gasteiger partial charge in [-0.1, -0.05) is 19.4 Å². The Morgan fingerprint density at radius 3 is 2.88 bits per heavy atom. The van der Waals surface area contributed by atoms with Crippen molar-refractivity contribution in [3.63, 3.8) is 0 Å². The smallest absolute Gasteiger partial charge is 0.170 e. The van der Waals surface area contributed by atoms with Crippen LogP contribution in [-0.2, 0) is 0 Å². The highest BCUT2D eigenvalue weighted by Gasteiger charge is 2.02. The first-order chi connectivity index (χ1) is 7.63. The van der Waals surface area contributed by atoms with Gasteiger partial charge in [0.2, 0.25) is 0 Å². The fourth-order valence-corrected chi connectivity index (χ4v) is 1.49. The maximum Gasteiger partial charge on any atom is 0.170 e. The third kappa shape index (κ3) is 4.14. The molecule has 0 atom stereocenters. The molecular formula is C12H17FN2S. The molecule has 0 aliphatic rings. The Morgan fingerprint density at radius 1 is 1.44 bits per heavy atom. The summed E-state index contributed by atoms with van der Waals surface area (Å²) < 4.78 is 13.0. The standard InChI is InChI=1S/C12H17FN2S/c1-3-4-7-14-12(16)15-11-8-10(13)6-5-9(11)2/h5-6,8H,3-4,7H2,1-2H3,(H2,14,15,16). The van der Waals surface area contributed by atoms with Gasteiger partial charge in [0.05, 0.1) is 0 Å². The molecule has 2 N–H and O–H groups in total. The van der Waals surface area contributed by atoms with Crippen molar-refractivity contribution in [3.8, 4) is 0 Å². The van der Waals surface area contributed by atoms with Crippen LogP contribution in [0.25, 0.3) is 0 Å². The van der Waals surface area contributed by atoms with Crippen LogP contribution < -0.4 is 10.6 Å². The molecule has 0 unspecified atom stereocenters. The third-order valence-electron chi connectivity index (χ3n) is 2.26. The maximum absolute atomic E-state index is 13.0. The molecule has 88 valence electrons. The number of anilines is 1. The number of benzene rings is 1. The second-order valence-corrected chi connectivity index (χ2v) is 4.10. The topological polar surface area (TPSA) is 24.1 Å². The van der Waals surface area contributed by atoms with E-state index in [9.17, 15) is 4.39 Å². The van der Waals surface area contributed by atoms with Crippen LogP contribution in [0.3, 0.4) is 0 Å².